The minimum Gasteiger partial charge on any atom is -0.368 e. The van der Waals surface area contributed by atoms with Crippen molar-refractivity contribution in [1.29, 1.82) is 0 Å². The minimum atomic E-state index is -4.48. The van der Waals surface area contributed by atoms with Crippen LogP contribution in [0.3, 0.4) is 0 Å². The zero-order valence-corrected chi connectivity index (χ0v) is 14.0. The first-order chi connectivity index (χ1) is 12.6. The zero-order valence-electron chi connectivity index (χ0n) is 14.0. The highest BCUT2D eigenvalue weighted by Crippen LogP contribution is 2.30. The SMILES string of the molecule is CC[C@@H](Nc1nnc(C(N)=O)c(Nc2ccc(C(F)(F)F)cc2)n1)C(N)=O. The third kappa shape index (κ3) is 5.03. The van der Waals surface area contributed by atoms with Gasteiger partial charge in [-0.05, 0) is 30.7 Å². The molecule has 0 saturated carbocycles. The number of anilines is 3. The topological polar surface area (TPSA) is 149 Å². The van der Waals surface area contributed by atoms with Crippen LogP contribution in [0.1, 0.15) is 29.4 Å². The number of primary amides is 2. The Morgan fingerprint density at radius 1 is 1.15 bits per heavy atom. The molecule has 0 bridgehead atoms. The number of alkyl halides is 3. The van der Waals surface area contributed by atoms with E-state index < -0.39 is 29.6 Å². The number of carbonyl (C=O) groups excluding carboxylic acids is 2. The van der Waals surface area contributed by atoms with Gasteiger partial charge in [0, 0.05) is 5.69 Å². The van der Waals surface area contributed by atoms with Crippen molar-refractivity contribution in [3.05, 3.63) is 35.5 Å². The molecule has 6 N–H and O–H groups in total. The van der Waals surface area contributed by atoms with Crippen LogP contribution in [0.4, 0.5) is 30.6 Å². The normalized spacial score (nSPS) is 12.3. The molecule has 2 rings (SSSR count). The number of amides is 2. The summed E-state index contributed by atoms with van der Waals surface area (Å²) in [6, 6.07) is 3.26. The maximum atomic E-state index is 12.6. The van der Waals surface area contributed by atoms with Gasteiger partial charge < -0.3 is 22.1 Å². The second-order valence-corrected chi connectivity index (χ2v) is 5.40. The molecule has 0 aliphatic carbocycles. The van der Waals surface area contributed by atoms with E-state index in [4.69, 9.17) is 11.5 Å². The number of nitrogens with two attached hydrogens (primary N) is 2. The molecule has 0 unspecified atom stereocenters. The molecule has 1 atom stereocenters. The molecule has 12 heteroatoms. The highest BCUT2D eigenvalue weighted by atomic mass is 19.4. The van der Waals surface area contributed by atoms with E-state index in [1.165, 1.54) is 0 Å². The third-order valence-electron chi connectivity index (χ3n) is 3.45. The maximum Gasteiger partial charge on any atom is 0.416 e. The fourth-order valence-corrected chi connectivity index (χ4v) is 2.05. The highest BCUT2D eigenvalue weighted by molar-refractivity contribution is 5.96. The summed E-state index contributed by atoms with van der Waals surface area (Å²) in [5.74, 6) is -1.84. The molecule has 27 heavy (non-hydrogen) atoms. The summed E-state index contributed by atoms with van der Waals surface area (Å²) in [6.07, 6.45) is -4.13. The van der Waals surface area contributed by atoms with Crippen LogP contribution in [-0.4, -0.2) is 33.0 Å². The summed E-state index contributed by atoms with van der Waals surface area (Å²) in [5.41, 5.74) is 9.48. The fourth-order valence-electron chi connectivity index (χ4n) is 2.05. The summed E-state index contributed by atoms with van der Waals surface area (Å²) in [5, 5.41) is 12.6. The molecule has 0 saturated heterocycles. The van der Waals surface area contributed by atoms with Gasteiger partial charge in [-0.3, -0.25) is 9.59 Å². The smallest absolute Gasteiger partial charge is 0.368 e. The number of nitrogens with one attached hydrogen (secondary N) is 2. The lowest BCUT2D eigenvalue weighted by Crippen LogP contribution is -2.35. The van der Waals surface area contributed by atoms with E-state index in [9.17, 15) is 22.8 Å². The number of aromatic nitrogens is 3. The van der Waals surface area contributed by atoms with Crippen molar-refractivity contribution in [2.24, 2.45) is 11.5 Å². The molecule has 0 aliphatic heterocycles. The van der Waals surface area contributed by atoms with Crippen molar-refractivity contribution in [2.45, 2.75) is 25.6 Å². The number of halogens is 3. The predicted octanol–water partition coefficient (Wildman–Crippen LogP) is 1.41. The van der Waals surface area contributed by atoms with Gasteiger partial charge in [0.1, 0.15) is 6.04 Å². The Labute approximate surface area is 151 Å². The minimum absolute atomic E-state index is 0.111. The van der Waals surface area contributed by atoms with Crippen LogP contribution in [-0.2, 0) is 11.0 Å². The first-order valence-corrected chi connectivity index (χ1v) is 7.66. The van der Waals surface area contributed by atoms with Gasteiger partial charge in [-0.15, -0.1) is 10.2 Å². The largest absolute Gasteiger partial charge is 0.416 e. The number of nitrogens with zero attached hydrogens (tertiary/aromatic N) is 3. The Kier molecular flexibility index (Phi) is 5.78. The molecular weight excluding hydrogens is 367 g/mol. The monoisotopic (exact) mass is 383 g/mol. The molecule has 0 fully saturated rings. The first kappa shape index (κ1) is 19.9. The average molecular weight is 383 g/mol. The summed E-state index contributed by atoms with van der Waals surface area (Å²) < 4.78 is 37.9. The van der Waals surface area contributed by atoms with Crippen LogP contribution in [0.2, 0.25) is 0 Å². The lowest BCUT2D eigenvalue weighted by Gasteiger charge is -2.14. The molecule has 1 heterocycles. The second-order valence-electron chi connectivity index (χ2n) is 5.40. The number of hydrogen-bond donors (Lipinski definition) is 4. The Morgan fingerprint density at radius 2 is 1.78 bits per heavy atom. The summed E-state index contributed by atoms with van der Waals surface area (Å²) in [6.45, 7) is 1.70. The molecule has 0 spiro atoms. The predicted molar refractivity (Wildman–Crippen MR) is 90.0 cm³/mol. The van der Waals surface area contributed by atoms with E-state index in [1.807, 2.05) is 0 Å². The molecule has 1 aromatic heterocycles. The van der Waals surface area contributed by atoms with Crippen LogP contribution in [0, 0.1) is 0 Å². The molecule has 0 radical (unpaired) electrons. The van der Waals surface area contributed by atoms with Gasteiger partial charge in [-0.25, -0.2) is 0 Å². The van der Waals surface area contributed by atoms with Crippen molar-refractivity contribution < 1.29 is 22.8 Å². The number of benzene rings is 1. The quantitative estimate of drug-likeness (QED) is 0.565. The van der Waals surface area contributed by atoms with Crippen molar-refractivity contribution in [2.75, 3.05) is 10.6 Å². The van der Waals surface area contributed by atoms with E-state index in [0.717, 1.165) is 24.3 Å². The van der Waals surface area contributed by atoms with Crippen LogP contribution >= 0.6 is 0 Å². The van der Waals surface area contributed by atoms with Crippen molar-refractivity contribution in [3.63, 3.8) is 0 Å². The van der Waals surface area contributed by atoms with Crippen LogP contribution in [0.25, 0.3) is 0 Å². The molecule has 0 aliphatic rings. The van der Waals surface area contributed by atoms with Gasteiger partial charge in [0.2, 0.25) is 11.9 Å². The van der Waals surface area contributed by atoms with E-state index in [1.54, 1.807) is 6.92 Å². The second kappa shape index (κ2) is 7.85. The van der Waals surface area contributed by atoms with Crippen molar-refractivity contribution in [1.82, 2.24) is 15.2 Å². The summed E-state index contributed by atoms with van der Waals surface area (Å²) >= 11 is 0. The Morgan fingerprint density at radius 3 is 2.26 bits per heavy atom. The van der Waals surface area contributed by atoms with Gasteiger partial charge in [0.15, 0.2) is 11.5 Å². The molecule has 1 aromatic carbocycles. The summed E-state index contributed by atoms with van der Waals surface area (Å²) in [4.78, 5) is 26.8. The van der Waals surface area contributed by atoms with Crippen molar-refractivity contribution in [3.8, 4) is 0 Å². The standard InChI is InChI=1S/C15H16F3N7O2/c1-2-9(11(19)26)22-14-23-13(10(12(20)27)24-25-14)21-8-5-3-7(4-6-8)15(16,17)18/h3-6,9H,2H2,1H3,(H2,19,26)(H2,20,27)(H2,21,22,23,25)/t9-/m1/s1. The lowest BCUT2D eigenvalue weighted by atomic mass is 10.2. The van der Waals surface area contributed by atoms with Crippen molar-refractivity contribution >= 4 is 29.3 Å². The Hall–Kier alpha value is -3.44. The molecule has 9 nitrogen and oxygen atoms in total. The number of hydrogen-bond acceptors (Lipinski definition) is 7. The van der Waals surface area contributed by atoms with Crippen LogP contribution in [0.15, 0.2) is 24.3 Å². The van der Waals surface area contributed by atoms with Gasteiger partial charge in [-0.1, -0.05) is 6.92 Å². The zero-order chi connectivity index (χ0) is 20.2. The first-order valence-electron chi connectivity index (χ1n) is 7.66. The van der Waals surface area contributed by atoms with E-state index in [0.29, 0.717) is 6.42 Å². The molecular formula is C15H16F3N7O2. The molecule has 2 aromatic rings. The van der Waals surface area contributed by atoms with Gasteiger partial charge >= 0.3 is 6.18 Å². The van der Waals surface area contributed by atoms with Crippen LogP contribution in [0.5, 0.6) is 0 Å². The van der Waals surface area contributed by atoms with E-state index in [2.05, 4.69) is 25.8 Å². The van der Waals surface area contributed by atoms with Gasteiger partial charge in [-0.2, -0.15) is 18.2 Å². The number of carbonyl (C=O) groups is 2. The van der Waals surface area contributed by atoms with Gasteiger partial charge in [0.25, 0.3) is 5.91 Å². The Bertz CT molecular complexity index is 840. The molecule has 2 amide bonds. The highest BCUT2D eigenvalue weighted by Gasteiger charge is 2.30. The average Bonchev–Trinajstić information content (AvgIpc) is 2.59. The van der Waals surface area contributed by atoms with Gasteiger partial charge in [0.05, 0.1) is 5.56 Å². The Balaban J connectivity index is 2.31. The molecule has 144 valence electrons. The third-order valence-corrected chi connectivity index (χ3v) is 3.45. The van der Waals surface area contributed by atoms with E-state index >= 15 is 0 Å². The summed E-state index contributed by atoms with van der Waals surface area (Å²) in [7, 11) is 0. The van der Waals surface area contributed by atoms with E-state index in [-0.39, 0.29) is 23.1 Å². The number of rotatable bonds is 7. The van der Waals surface area contributed by atoms with Crippen LogP contribution < -0.4 is 22.1 Å². The fraction of sp³-hybridized carbons (Fsp3) is 0.267. The lowest BCUT2D eigenvalue weighted by molar-refractivity contribution is -0.137. The maximum absolute atomic E-state index is 12.6.